The van der Waals surface area contributed by atoms with Gasteiger partial charge in [0.1, 0.15) is 0 Å². The summed E-state index contributed by atoms with van der Waals surface area (Å²) in [6.45, 7) is 3.96. The fourth-order valence-electron chi connectivity index (χ4n) is 1.84. The Balaban J connectivity index is 1.89. The number of anilines is 1. The number of aromatic nitrogens is 3. The minimum absolute atomic E-state index is 0.250. The van der Waals surface area contributed by atoms with Crippen molar-refractivity contribution in [1.82, 2.24) is 14.6 Å². The van der Waals surface area contributed by atoms with Gasteiger partial charge in [-0.25, -0.2) is 4.52 Å². The predicted octanol–water partition coefficient (Wildman–Crippen LogP) is 3.97. The third-order valence-corrected chi connectivity index (χ3v) is 4.65. The lowest BCUT2D eigenvalue weighted by Crippen LogP contribution is -2.13. The first-order chi connectivity index (χ1) is 9.95. The zero-order valence-electron chi connectivity index (χ0n) is 11.1. The van der Waals surface area contributed by atoms with Crippen molar-refractivity contribution in [2.75, 3.05) is 5.32 Å². The van der Waals surface area contributed by atoms with E-state index in [4.69, 9.17) is 23.2 Å². The van der Waals surface area contributed by atoms with Crippen LogP contribution in [0, 0.1) is 13.8 Å². The van der Waals surface area contributed by atoms with E-state index < -0.39 is 0 Å². The van der Waals surface area contributed by atoms with Gasteiger partial charge >= 0.3 is 0 Å². The van der Waals surface area contributed by atoms with Crippen molar-refractivity contribution in [3.63, 3.8) is 0 Å². The van der Waals surface area contributed by atoms with Crippen LogP contribution in [0.1, 0.15) is 20.9 Å². The Hall–Kier alpha value is -1.63. The summed E-state index contributed by atoms with van der Waals surface area (Å²) in [4.78, 5) is 18.3. The van der Waals surface area contributed by atoms with E-state index in [-0.39, 0.29) is 16.9 Å². The molecule has 0 atom stereocenters. The molecule has 5 nitrogen and oxygen atoms in total. The lowest BCUT2D eigenvalue weighted by Gasteiger charge is -2.03. The molecule has 0 saturated carbocycles. The summed E-state index contributed by atoms with van der Waals surface area (Å²) < 4.78 is 1.71. The first kappa shape index (κ1) is 14.3. The van der Waals surface area contributed by atoms with E-state index in [1.54, 1.807) is 16.6 Å². The van der Waals surface area contributed by atoms with Gasteiger partial charge in [-0.2, -0.15) is 4.98 Å². The molecule has 0 radical (unpaired) electrons. The second kappa shape index (κ2) is 5.29. The number of carbonyl (C=O) groups excluding carboxylic acids is 1. The van der Waals surface area contributed by atoms with Crippen LogP contribution in [0.5, 0.6) is 0 Å². The Labute approximate surface area is 134 Å². The number of hydrogen-bond acceptors (Lipinski definition) is 4. The van der Waals surface area contributed by atoms with Crippen molar-refractivity contribution in [1.29, 1.82) is 0 Å². The standard InChI is InChI=1S/C13H10Cl2N4OS/c1-6-7(2)21-13-17-12(18-19(6)13)16-11(20)9-4-3-8(14)5-10(9)15/h3-5H,1-2H3,(H,16,18,20). The number of carbonyl (C=O) groups is 1. The maximum Gasteiger partial charge on any atom is 0.259 e. The number of hydrogen-bond donors (Lipinski definition) is 1. The number of amides is 1. The van der Waals surface area contributed by atoms with Crippen molar-refractivity contribution >= 4 is 51.4 Å². The number of nitrogens with zero attached hydrogens (tertiary/aromatic N) is 3. The van der Waals surface area contributed by atoms with E-state index in [1.165, 1.54) is 17.4 Å². The molecule has 2 aromatic heterocycles. The van der Waals surface area contributed by atoms with Gasteiger partial charge in [-0.1, -0.05) is 34.5 Å². The highest BCUT2D eigenvalue weighted by Gasteiger charge is 2.15. The van der Waals surface area contributed by atoms with Gasteiger partial charge in [0.25, 0.3) is 11.9 Å². The Bertz CT molecular complexity index is 855. The second-order valence-corrected chi connectivity index (χ2v) is 6.48. The maximum absolute atomic E-state index is 12.2. The predicted molar refractivity (Wildman–Crippen MR) is 84.8 cm³/mol. The van der Waals surface area contributed by atoms with Crippen LogP contribution in [0.15, 0.2) is 18.2 Å². The van der Waals surface area contributed by atoms with E-state index >= 15 is 0 Å². The van der Waals surface area contributed by atoms with Crippen LogP contribution >= 0.6 is 34.5 Å². The summed E-state index contributed by atoms with van der Waals surface area (Å²) in [6.07, 6.45) is 0. The average Bonchev–Trinajstić information content (AvgIpc) is 2.90. The summed E-state index contributed by atoms with van der Waals surface area (Å²) in [7, 11) is 0. The average molecular weight is 341 g/mol. The molecule has 0 spiro atoms. The molecule has 3 rings (SSSR count). The first-order valence-corrected chi connectivity index (χ1v) is 7.62. The normalized spacial score (nSPS) is 11.0. The number of rotatable bonds is 2. The maximum atomic E-state index is 12.2. The van der Waals surface area contributed by atoms with Crippen LogP contribution in [0.2, 0.25) is 10.0 Å². The number of benzene rings is 1. The highest BCUT2D eigenvalue weighted by Crippen LogP contribution is 2.23. The molecule has 3 aromatic rings. The van der Waals surface area contributed by atoms with Crippen molar-refractivity contribution < 1.29 is 4.79 Å². The third-order valence-electron chi connectivity index (χ3n) is 3.05. The van der Waals surface area contributed by atoms with Gasteiger partial charge in [0, 0.05) is 9.90 Å². The molecule has 1 amide bonds. The van der Waals surface area contributed by atoms with Crippen molar-refractivity contribution in [3.05, 3.63) is 44.4 Å². The van der Waals surface area contributed by atoms with E-state index in [9.17, 15) is 4.79 Å². The van der Waals surface area contributed by atoms with Crippen molar-refractivity contribution in [3.8, 4) is 0 Å². The zero-order chi connectivity index (χ0) is 15.1. The third kappa shape index (κ3) is 2.62. The van der Waals surface area contributed by atoms with Gasteiger partial charge in [-0.3, -0.25) is 10.1 Å². The molecule has 0 bridgehead atoms. The van der Waals surface area contributed by atoms with Crippen LogP contribution in [0.3, 0.4) is 0 Å². The molecular formula is C13H10Cl2N4OS. The van der Waals surface area contributed by atoms with Gasteiger partial charge < -0.3 is 0 Å². The lowest BCUT2D eigenvalue weighted by atomic mass is 10.2. The van der Waals surface area contributed by atoms with Crippen molar-refractivity contribution in [2.45, 2.75) is 13.8 Å². The Morgan fingerprint density at radius 1 is 1.33 bits per heavy atom. The minimum Gasteiger partial charge on any atom is -0.289 e. The summed E-state index contributed by atoms with van der Waals surface area (Å²) in [5.74, 6) is -0.121. The number of nitrogens with one attached hydrogen (secondary N) is 1. The summed E-state index contributed by atoms with van der Waals surface area (Å²) in [5, 5.41) is 7.66. The monoisotopic (exact) mass is 340 g/mol. The Kier molecular flexibility index (Phi) is 3.61. The van der Waals surface area contributed by atoms with E-state index in [2.05, 4.69) is 15.4 Å². The Morgan fingerprint density at radius 3 is 2.76 bits per heavy atom. The molecule has 0 saturated heterocycles. The quantitative estimate of drug-likeness (QED) is 0.767. The molecule has 108 valence electrons. The highest BCUT2D eigenvalue weighted by atomic mass is 35.5. The van der Waals surface area contributed by atoms with Crippen LogP contribution in [0.4, 0.5) is 5.95 Å². The van der Waals surface area contributed by atoms with Crippen LogP contribution in [0.25, 0.3) is 4.96 Å². The lowest BCUT2D eigenvalue weighted by molar-refractivity contribution is 0.102. The topological polar surface area (TPSA) is 59.3 Å². The van der Waals surface area contributed by atoms with E-state index in [0.717, 1.165) is 15.5 Å². The molecular weight excluding hydrogens is 331 g/mol. The molecule has 0 unspecified atom stereocenters. The van der Waals surface area contributed by atoms with E-state index in [1.807, 2.05) is 13.8 Å². The SMILES string of the molecule is Cc1sc2nc(NC(=O)c3ccc(Cl)cc3Cl)nn2c1C. The zero-order valence-corrected chi connectivity index (χ0v) is 13.5. The highest BCUT2D eigenvalue weighted by molar-refractivity contribution is 7.17. The van der Waals surface area contributed by atoms with Gasteiger partial charge in [0.15, 0.2) is 0 Å². The largest absolute Gasteiger partial charge is 0.289 e. The molecule has 1 aromatic carbocycles. The molecule has 0 fully saturated rings. The van der Waals surface area contributed by atoms with Gasteiger partial charge in [-0.05, 0) is 32.0 Å². The van der Waals surface area contributed by atoms with E-state index in [0.29, 0.717) is 10.6 Å². The molecule has 0 aliphatic heterocycles. The molecule has 8 heteroatoms. The molecule has 0 aliphatic carbocycles. The minimum atomic E-state index is -0.371. The van der Waals surface area contributed by atoms with Crippen LogP contribution in [-0.4, -0.2) is 20.5 Å². The van der Waals surface area contributed by atoms with Crippen molar-refractivity contribution in [2.24, 2.45) is 0 Å². The van der Waals surface area contributed by atoms with Crippen LogP contribution < -0.4 is 5.32 Å². The molecule has 0 aliphatic rings. The number of thiazole rings is 1. The van der Waals surface area contributed by atoms with Gasteiger partial charge in [0.05, 0.1) is 16.3 Å². The summed E-state index contributed by atoms with van der Waals surface area (Å²) in [5.41, 5.74) is 1.33. The summed E-state index contributed by atoms with van der Waals surface area (Å²) >= 11 is 13.3. The van der Waals surface area contributed by atoms with Crippen LogP contribution in [-0.2, 0) is 0 Å². The molecule has 1 N–H and O–H groups in total. The molecule has 21 heavy (non-hydrogen) atoms. The summed E-state index contributed by atoms with van der Waals surface area (Å²) in [6, 6.07) is 4.69. The van der Waals surface area contributed by atoms with Gasteiger partial charge in [-0.15, -0.1) is 5.10 Å². The fraction of sp³-hybridized carbons (Fsp3) is 0.154. The van der Waals surface area contributed by atoms with Gasteiger partial charge in [0.2, 0.25) is 4.96 Å². The fourth-order valence-corrected chi connectivity index (χ4v) is 3.24. The smallest absolute Gasteiger partial charge is 0.259 e. The number of halogens is 2. The first-order valence-electron chi connectivity index (χ1n) is 6.05. The second-order valence-electron chi connectivity index (χ2n) is 4.45. The Morgan fingerprint density at radius 2 is 2.10 bits per heavy atom. The number of fused-ring (bicyclic) bond motifs is 1. The number of aryl methyl sites for hydroxylation is 2. The molecule has 2 heterocycles.